The maximum Gasteiger partial charge on any atom is 0.256 e. The summed E-state index contributed by atoms with van der Waals surface area (Å²) in [5, 5.41) is 8.77. The van der Waals surface area contributed by atoms with Gasteiger partial charge in [-0.15, -0.1) is 0 Å². The lowest BCUT2D eigenvalue weighted by atomic mass is 10.2. The molecule has 1 aliphatic rings. The number of hydrogen-bond acceptors (Lipinski definition) is 3. The highest BCUT2D eigenvalue weighted by Crippen LogP contribution is 2.13. The van der Waals surface area contributed by atoms with Crippen molar-refractivity contribution < 1.29 is 14.7 Å². The van der Waals surface area contributed by atoms with E-state index in [2.05, 4.69) is 0 Å². The Morgan fingerprint density at radius 3 is 2.54 bits per heavy atom. The molecule has 1 N–H and O–H groups in total. The van der Waals surface area contributed by atoms with Crippen LogP contribution in [0.3, 0.4) is 0 Å². The average Bonchev–Trinajstić information content (AvgIpc) is 2.32. The van der Waals surface area contributed by atoms with E-state index in [0.29, 0.717) is 12.1 Å². The molecule has 0 aromatic rings. The zero-order chi connectivity index (χ0) is 10.0. The fraction of sp³-hybridized carbons (Fsp3) is 0.556. The standard InChI is InChI=1S/C9H13NO3/c1-6(5-11)4-10-8(12)3-7(2)9(10)13/h3,6,11H,4-5H2,1-2H3. The van der Waals surface area contributed by atoms with Crippen molar-refractivity contribution in [2.45, 2.75) is 13.8 Å². The first kappa shape index (κ1) is 9.92. The number of carbonyl (C=O) groups excluding carboxylic acids is 2. The average molecular weight is 183 g/mol. The third-order valence-corrected chi connectivity index (χ3v) is 1.99. The van der Waals surface area contributed by atoms with Crippen LogP contribution in [-0.2, 0) is 9.59 Å². The van der Waals surface area contributed by atoms with Crippen molar-refractivity contribution in [2.24, 2.45) is 5.92 Å². The van der Waals surface area contributed by atoms with Gasteiger partial charge in [0.1, 0.15) is 0 Å². The summed E-state index contributed by atoms with van der Waals surface area (Å²) in [4.78, 5) is 23.7. The molecule has 13 heavy (non-hydrogen) atoms. The molecule has 0 saturated carbocycles. The molecule has 0 aromatic carbocycles. The van der Waals surface area contributed by atoms with Crippen LogP contribution in [0.2, 0.25) is 0 Å². The van der Waals surface area contributed by atoms with Crippen molar-refractivity contribution >= 4 is 11.8 Å². The summed E-state index contributed by atoms with van der Waals surface area (Å²) in [5.41, 5.74) is 0.468. The highest BCUT2D eigenvalue weighted by molar-refractivity contribution is 6.15. The van der Waals surface area contributed by atoms with Crippen LogP contribution in [0, 0.1) is 5.92 Å². The Bertz CT molecular complexity index is 270. The van der Waals surface area contributed by atoms with Crippen molar-refractivity contribution in [3.63, 3.8) is 0 Å². The minimum absolute atomic E-state index is 0.0178. The minimum Gasteiger partial charge on any atom is -0.396 e. The van der Waals surface area contributed by atoms with Crippen LogP contribution in [0.5, 0.6) is 0 Å². The van der Waals surface area contributed by atoms with Crippen LogP contribution in [0.25, 0.3) is 0 Å². The molecule has 0 radical (unpaired) electrons. The highest BCUT2D eigenvalue weighted by atomic mass is 16.3. The van der Waals surface area contributed by atoms with Crippen molar-refractivity contribution in [3.8, 4) is 0 Å². The SMILES string of the molecule is CC1=CC(=O)N(CC(C)CO)C1=O. The molecule has 4 nitrogen and oxygen atoms in total. The molecule has 1 aliphatic heterocycles. The number of nitrogens with zero attached hydrogens (tertiary/aromatic N) is 1. The second kappa shape index (κ2) is 3.70. The zero-order valence-electron chi connectivity index (χ0n) is 7.78. The first-order valence-electron chi connectivity index (χ1n) is 4.21. The predicted octanol–water partition coefficient (Wildman–Crippen LogP) is -0.0701. The maximum atomic E-state index is 11.3. The van der Waals surface area contributed by atoms with Gasteiger partial charge in [-0.3, -0.25) is 14.5 Å². The van der Waals surface area contributed by atoms with E-state index >= 15 is 0 Å². The van der Waals surface area contributed by atoms with E-state index in [1.54, 1.807) is 13.8 Å². The Balaban J connectivity index is 2.64. The topological polar surface area (TPSA) is 57.6 Å². The van der Waals surface area contributed by atoms with Crippen molar-refractivity contribution in [2.75, 3.05) is 13.2 Å². The lowest BCUT2D eigenvalue weighted by Crippen LogP contribution is -2.35. The molecule has 4 heteroatoms. The lowest BCUT2D eigenvalue weighted by Gasteiger charge is -2.17. The Hall–Kier alpha value is -1.16. The minimum atomic E-state index is -0.275. The van der Waals surface area contributed by atoms with Gasteiger partial charge in [0.25, 0.3) is 11.8 Å². The number of aliphatic hydroxyl groups excluding tert-OH is 1. The van der Waals surface area contributed by atoms with E-state index in [9.17, 15) is 9.59 Å². The number of carbonyl (C=O) groups is 2. The van der Waals surface area contributed by atoms with Crippen LogP contribution < -0.4 is 0 Å². The Morgan fingerprint density at radius 2 is 2.15 bits per heavy atom. The van der Waals surface area contributed by atoms with Gasteiger partial charge in [-0.25, -0.2) is 0 Å². The molecule has 0 bridgehead atoms. The smallest absolute Gasteiger partial charge is 0.256 e. The molecule has 0 saturated heterocycles. The Labute approximate surface area is 76.8 Å². The molecule has 0 aliphatic carbocycles. The molecule has 0 fully saturated rings. The molecule has 72 valence electrons. The number of hydrogen-bond donors (Lipinski definition) is 1. The van der Waals surface area contributed by atoms with Gasteiger partial charge in [-0.05, 0) is 12.8 Å². The summed E-state index contributed by atoms with van der Waals surface area (Å²) in [6.07, 6.45) is 1.33. The molecule has 1 heterocycles. The molecule has 2 amide bonds. The quantitative estimate of drug-likeness (QED) is 0.623. The second-order valence-corrected chi connectivity index (χ2v) is 3.37. The molecule has 1 atom stereocenters. The van der Waals surface area contributed by atoms with Crippen LogP contribution >= 0.6 is 0 Å². The first-order valence-corrected chi connectivity index (χ1v) is 4.21. The zero-order valence-corrected chi connectivity index (χ0v) is 7.78. The number of rotatable bonds is 3. The summed E-state index contributed by atoms with van der Waals surface area (Å²) in [6.45, 7) is 3.68. The Kier molecular flexibility index (Phi) is 2.83. The second-order valence-electron chi connectivity index (χ2n) is 3.37. The summed E-state index contributed by atoms with van der Waals surface area (Å²) < 4.78 is 0. The van der Waals surface area contributed by atoms with Crippen molar-refractivity contribution in [1.82, 2.24) is 4.90 Å². The van der Waals surface area contributed by atoms with Crippen LogP contribution in [0.15, 0.2) is 11.6 Å². The number of amides is 2. The van der Waals surface area contributed by atoms with Gasteiger partial charge in [0, 0.05) is 24.8 Å². The van der Waals surface area contributed by atoms with Gasteiger partial charge < -0.3 is 5.11 Å². The lowest BCUT2D eigenvalue weighted by molar-refractivity contribution is -0.138. The van der Waals surface area contributed by atoms with Crippen LogP contribution in [-0.4, -0.2) is 35.0 Å². The number of aliphatic hydroxyl groups is 1. The normalized spacial score (nSPS) is 19.3. The first-order chi connectivity index (χ1) is 6.06. The summed E-state index contributed by atoms with van der Waals surface area (Å²) in [7, 11) is 0. The van der Waals surface area contributed by atoms with Gasteiger partial charge in [0.15, 0.2) is 0 Å². The van der Waals surface area contributed by atoms with Gasteiger partial charge in [-0.2, -0.15) is 0 Å². The summed E-state index contributed by atoms with van der Waals surface area (Å²) >= 11 is 0. The van der Waals surface area contributed by atoms with Gasteiger partial charge >= 0.3 is 0 Å². The fourth-order valence-electron chi connectivity index (χ4n) is 1.18. The fourth-order valence-corrected chi connectivity index (χ4v) is 1.18. The third kappa shape index (κ3) is 1.95. The van der Waals surface area contributed by atoms with E-state index in [4.69, 9.17) is 5.11 Å². The highest BCUT2D eigenvalue weighted by Gasteiger charge is 2.28. The monoisotopic (exact) mass is 183 g/mol. The maximum absolute atomic E-state index is 11.3. The molecular weight excluding hydrogens is 170 g/mol. The van der Waals surface area contributed by atoms with Gasteiger partial charge in [0.2, 0.25) is 0 Å². The molecule has 0 spiro atoms. The Morgan fingerprint density at radius 1 is 1.54 bits per heavy atom. The van der Waals surface area contributed by atoms with Crippen molar-refractivity contribution in [1.29, 1.82) is 0 Å². The van der Waals surface area contributed by atoms with E-state index < -0.39 is 0 Å². The summed E-state index contributed by atoms with van der Waals surface area (Å²) in [6, 6.07) is 0. The molecular formula is C9H13NO3. The predicted molar refractivity (Wildman–Crippen MR) is 46.7 cm³/mol. The summed E-state index contributed by atoms with van der Waals surface area (Å²) in [5.74, 6) is -0.583. The largest absolute Gasteiger partial charge is 0.396 e. The van der Waals surface area contributed by atoms with Crippen LogP contribution in [0.1, 0.15) is 13.8 Å². The number of imide groups is 1. The van der Waals surface area contributed by atoms with Gasteiger partial charge in [-0.1, -0.05) is 6.92 Å². The van der Waals surface area contributed by atoms with E-state index in [1.807, 2.05) is 0 Å². The van der Waals surface area contributed by atoms with Crippen molar-refractivity contribution in [3.05, 3.63) is 11.6 Å². The third-order valence-electron chi connectivity index (χ3n) is 1.99. The molecule has 1 unspecified atom stereocenters. The van der Waals surface area contributed by atoms with Gasteiger partial charge in [0.05, 0.1) is 0 Å². The van der Waals surface area contributed by atoms with Crippen LogP contribution in [0.4, 0.5) is 0 Å². The molecule has 1 rings (SSSR count). The molecule has 0 aromatic heterocycles. The van der Waals surface area contributed by atoms with E-state index in [1.165, 1.54) is 6.08 Å². The van der Waals surface area contributed by atoms with E-state index in [0.717, 1.165) is 4.90 Å². The van der Waals surface area contributed by atoms with E-state index in [-0.39, 0.29) is 24.3 Å².